The third kappa shape index (κ3) is 1.56. The van der Waals surface area contributed by atoms with E-state index in [9.17, 15) is 0 Å². The SMILES string of the molecule is Brc1ccc2c(c1)C(C1CC3CCC1C3)CN2. The van der Waals surface area contributed by atoms with Crippen LogP contribution >= 0.6 is 15.9 Å². The smallest absolute Gasteiger partial charge is 0.0377 e. The average molecular weight is 292 g/mol. The van der Waals surface area contributed by atoms with Gasteiger partial charge in [-0.1, -0.05) is 22.4 Å². The van der Waals surface area contributed by atoms with Crippen molar-refractivity contribution in [2.45, 2.75) is 31.6 Å². The molecule has 0 spiro atoms. The Morgan fingerprint density at radius 2 is 2.12 bits per heavy atom. The molecule has 2 fully saturated rings. The molecule has 2 saturated carbocycles. The van der Waals surface area contributed by atoms with Gasteiger partial charge in [0, 0.05) is 22.6 Å². The van der Waals surface area contributed by atoms with Gasteiger partial charge in [0.15, 0.2) is 0 Å². The molecule has 90 valence electrons. The Bertz CT molecular complexity index is 456. The van der Waals surface area contributed by atoms with Gasteiger partial charge in [0.2, 0.25) is 0 Å². The Morgan fingerprint density at radius 3 is 2.88 bits per heavy atom. The summed E-state index contributed by atoms with van der Waals surface area (Å²) in [6.07, 6.45) is 6.01. The summed E-state index contributed by atoms with van der Waals surface area (Å²) in [5.74, 6) is 3.81. The number of benzene rings is 1. The first-order valence-electron chi connectivity index (χ1n) is 6.84. The van der Waals surface area contributed by atoms with Crippen LogP contribution in [0.1, 0.15) is 37.2 Å². The minimum atomic E-state index is 0.776. The van der Waals surface area contributed by atoms with Crippen LogP contribution in [0.2, 0.25) is 0 Å². The molecule has 4 atom stereocenters. The molecule has 1 aromatic carbocycles. The summed E-state index contributed by atoms with van der Waals surface area (Å²) < 4.78 is 1.23. The van der Waals surface area contributed by atoms with Crippen LogP contribution in [0, 0.1) is 17.8 Å². The summed E-state index contributed by atoms with van der Waals surface area (Å²) in [6, 6.07) is 6.72. The molecule has 0 amide bonds. The first kappa shape index (κ1) is 10.4. The fourth-order valence-electron chi connectivity index (χ4n) is 4.50. The minimum Gasteiger partial charge on any atom is -0.384 e. The first-order valence-corrected chi connectivity index (χ1v) is 7.64. The first-order chi connectivity index (χ1) is 8.31. The zero-order valence-corrected chi connectivity index (χ0v) is 11.5. The second kappa shape index (κ2) is 3.74. The highest BCUT2D eigenvalue weighted by molar-refractivity contribution is 9.10. The van der Waals surface area contributed by atoms with Gasteiger partial charge in [-0.25, -0.2) is 0 Å². The molecule has 0 radical (unpaired) electrons. The molecule has 4 unspecified atom stereocenters. The standard InChI is InChI=1S/C15H18BrN/c16-11-3-4-15-13(7-11)14(8-17-15)12-6-9-1-2-10(12)5-9/h3-4,7,9-10,12,14,17H,1-2,5-6,8H2. The van der Waals surface area contributed by atoms with Crippen molar-refractivity contribution in [2.24, 2.45) is 17.8 Å². The molecule has 3 aliphatic rings. The molecule has 1 heterocycles. The Morgan fingerprint density at radius 1 is 1.18 bits per heavy atom. The molecular weight excluding hydrogens is 274 g/mol. The van der Waals surface area contributed by atoms with Crippen LogP contribution in [0.3, 0.4) is 0 Å². The Kier molecular flexibility index (Phi) is 2.30. The number of hydrogen-bond donors (Lipinski definition) is 1. The summed E-state index contributed by atoms with van der Waals surface area (Å²) in [5, 5.41) is 3.59. The van der Waals surface area contributed by atoms with Gasteiger partial charge in [0.1, 0.15) is 0 Å². The van der Waals surface area contributed by atoms with Crippen LogP contribution in [0.5, 0.6) is 0 Å². The summed E-state index contributed by atoms with van der Waals surface area (Å²) in [6.45, 7) is 1.17. The molecule has 1 N–H and O–H groups in total. The quantitative estimate of drug-likeness (QED) is 0.809. The van der Waals surface area contributed by atoms with E-state index in [2.05, 4.69) is 39.4 Å². The van der Waals surface area contributed by atoms with Crippen LogP contribution in [0.4, 0.5) is 5.69 Å². The van der Waals surface area contributed by atoms with E-state index in [0.717, 1.165) is 23.7 Å². The van der Waals surface area contributed by atoms with Crippen LogP contribution < -0.4 is 5.32 Å². The maximum atomic E-state index is 3.61. The molecular formula is C15H18BrN. The minimum absolute atomic E-state index is 0.776. The normalized spacial score (nSPS) is 38.2. The summed E-state index contributed by atoms with van der Waals surface area (Å²) in [7, 11) is 0. The van der Waals surface area contributed by atoms with Gasteiger partial charge in [-0.2, -0.15) is 0 Å². The number of nitrogens with one attached hydrogen (secondary N) is 1. The second-order valence-corrected chi connectivity index (χ2v) is 6.97. The summed E-state index contributed by atoms with van der Waals surface area (Å²) >= 11 is 3.61. The highest BCUT2D eigenvalue weighted by Gasteiger charge is 2.44. The molecule has 2 heteroatoms. The maximum absolute atomic E-state index is 3.61. The predicted octanol–water partition coefficient (Wildman–Crippen LogP) is 4.39. The van der Waals surface area contributed by atoms with E-state index in [1.807, 2.05) is 0 Å². The predicted molar refractivity (Wildman–Crippen MR) is 74.3 cm³/mol. The van der Waals surface area contributed by atoms with Crippen LogP contribution in [-0.2, 0) is 0 Å². The third-order valence-electron chi connectivity index (χ3n) is 5.24. The van der Waals surface area contributed by atoms with Crippen molar-refractivity contribution in [3.63, 3.8) is 0 Å². The van der Waals surface area contributed by atoms with Crippen molar-refractivity contribution in [2.75, 3.05) is 11.9 Å². The molecule has 17 heavy (non-hydrogen) atoms. The largest absolute Gasteiger partial charge is 0.384 e. The number of hydrogen-bond acceptors (Lipinski definition) is 1. The molecule has 0 aromatic heterocycles. The number of anilines is 1. The van der Waals surface area contributed by atoms with E-state index in [-0.39, 0.29) is 0 Å². The van der Waals surface area contributed by atoms with Gasteiger partial charge in [-0.05, 0) is 60.8 Å². The van der Waals surface area contributed by atoms with Crippen molar-refractivity contribution in [3.05, 3.63) is 28.2 Å². The Hall–Kier alpha value is -0.500. The lowest BCUT2D eigenvalue weighted by Gasteiger charge is -2.27. The van der Waals surface area contributed by atoms with Gasteiger partial charge in [-0.3, -0.25) is 0 Å². The van der Waals surface area contributed by atoms with Crippen LogP contribution in [-0.4, -0.2) is 6.54 Å². The fourth-order valence-corrected chi connectivity index (χ4v) is 4.88. The molecule has 2 bridgehead atoms. The zero-order valence-electron chi connectivity index (χ0n) is 9.95. The molecule has 1 aliphatic heterocycles. The topological polar surface area (TPSA) is 12.0 Å². The van der Waals surface area contributed by atoms with Gasteiger partial charge < -0.3 is 5.32 Å². The van der Waals surface area contributed by atoms with Crippen LogP contribution in [0.15, 0.2) is 22.7 Å². The molecule has 1 nitrogen and oxygen atoms in total. The molecule has 1 aromatic rings. The van der Waals surface area contributed by atoms with Crippen molar-refractivity contribution in [1.82, 2.24) is 0 Å². The van der Waals surface area contributed by atoms with Gasteiger partial charge in [0.25, 0.3) is 0 Å². The van der Waals surface area contributed by atoms with Crippen molar-refractivity contribution < 1.29 is 0 Å². The second-order valence-electron chi connectivity index (χ2n) is 6.06. The van der Waals surface area contributed by atoms with E-state index in [0.29, 0.717) is 0 Å². The fraction of sp³-hybridized carbons (Fsp3) is 0.600. The monoisotopic (exact) mass is 291 g/mol. The van der Waals surface area contributed by atoms with E-state index in [4.69, 9.17) is 0 Å². The van der Waals surface area contributed by atoms with Crippen molar-refractivity contribution in [3.8, 4) is 0 Å². The lowest BCUT2D eigenvalue weighted by molar-refractivity contribution is 0.292. The average Bonchev–Trinajstić information content (AvgIpc) is 3.01. The van der Waals surface area contributed by atoms with E-state index in [1.54, 1.807) is 5.56 Å². The summed E-state index contributed by atoms with van der Waals surface area (Å²) in [5.41, 5.74) is 2.94. The molecule has 2 aliphatic carbocycles. The number of halogens is 1. The lowest BCUT2D eigenvalue weighted by atomic mass is 9.77. The third-order valence-corrected chi connectivity index (χ3v) is 5.73. The Labute approximate surface area is 111 Å². The van der Waals surface area contributed by atoms with E-state index < -0.39 is 0 Å². The lowest BCUT2D eigenvalue weighted by Crippen LogP contribution is -2.20. The van der Waals surface area contributed by atoms with Gasteiger partial charge in [0.05, 0.1) is 0 Å². The zero-order chi connectivity index (χ0) is 11.4. The van der Waals surface area contributed by atoms with Crippen molar-refractivity contribution >= 4 is 21.6 Å². The van der Waals surface area contributed by atoms with E-state index >= 15 is 0 Å². The highest BCUT2D eigenvalue weighted by Crippen LogP contribution is 2.55. The maximum Gasteiger partial charge on any atom is 0.0377 e. The molecule has 4 rings (SSSR count). The van der Waals surface area contributed by atoms with E-state index in [1.165, 1.54) is 42.4 Å². The van der Waals surface area contributed by atoms with Crippen molar-refractivity contribution in [1.29, 1.82) is 0 Å². The van der Waals surface area contributed by atoms with Gasteiger partial charge in [-0.15, -0.1) is 0 Å². The van der Waals surface area contributed by atoms with Gasteiger partial charge >= 0.3 is 0 Å². The summed E-state index contributed by atoms with van der Waals surface area (Å²) in [4.78, 5) is 0. The number of rotatable bonds is 1. The highest BCUT2D eigenvalue weighted by atomic mass is 79.9. The number of fused-ring (bicyclic) bond motifs is 3. The van der Waals surface area contributed by atoms with Crippen LogP contribution in [0.25, 0.3) is 0 Å². The molecule has 0 saturated heterocycles. The Balaban J connectivity index is 1.67.